The average Bonchev–Trinajstić information content (AvgIpc) is 2.64. The molecule has 0 bridgehead atoms. The van der Waals surface area contributed by atoms with Crippen LogP contribution in [0, 0.1) is 0 Å². The van der Waals surface area contributed by atoms with E-state index in [4.69, 9.17) is 0 Å². The van der Waals surface area contributed by atoms with Gasteiger partial charge < -0.3 is 0 Å². The van der Waals surface area contributed by atoms with Crippen LogP contribution in [-0.4, -0.2) is 54.8 Å². The van der Waals surface area contributed by atoms with Crippen LogP contribution < -0.4 is 0 Å². The van der Waals surface area contributed by atoms with E-state index in [9.17, 15) is 4.57 Å². The Kier molecular flexibility index (Phi) is 2.64. The van der Waals surface area contributed by atoms with Crippen LogP contribution >= 0.6 is 7.59 Å². The molecule has 72 valence electrons. The summed E-state index contributed by atoms with van der Waals surface area (Å²) in [5.41, 5.74) is 0. The van der Waals surface area contributed by atoms with E-state index in [-0.39, 0.29) is 0 Å². The van der Waals surface area contributed by atoms with E-state index in [0.29, 0.717) is 6.04 Å². The van der Waals surface area contributed by atoms with Crippen LogP contribution in [0.5, 0.6) is 0 Å². The van der Waals surface area contributed by atoms with Gasteiger partial charge in [-0.2, -0.15) is 0 Å². The molecule has 0 saturated carbocycles. The maximum absolute atomic E-state index is 12.4. The molecule has 1 fully saturated rings. The van der Waals surface area contributed by atoms with Crippen molar-refractivity contribution < 1.29 is 4.57 Å². The molecule has 12 heavy (non-hydrogen) atoms. The van der Waals surface area contributed by atoms with Gasteiger partial charge in [-0.05, 0) is 35.1 Å². The molecular weight excluding hydrogens is 173 g/mol. The Morgan fingerprint density at radius 3 is 1.67 bits per heavy atom. The van der Waals surface area contributed by atoms with E-state index >= 15 is 0 Å². The molecule has 0 N–H and O–H groups in total. The summed E-state index contributed by atoms with van der Waals surface area (Å²) < 4.78 is 18.0. The maximum Gasteiger partial charge on any atom is 0.286 e. The number of rotatable bonds is 3. The van der Waals surface area contributed by atoms with E-state index in [1.165, 1.54) is 0 Å². The van der Waals surface area contributed by atoms with Gasteiger partial charge in [0, 0.05) is 12.6 Å². The zero-order valence-electron chi connectivity index (χ0n) is 8.48. The lowest BCUT2D eigenvalue weighted by molar-refractivity contribution is 0.407. The molecule has 1 rings (SSSR count). The van der Waals surface area contributed by atoms with Gasteiger partial charge in [0.05, 0.1) is 0 Å². The lowest BCUT2D eigenvalue weighted by Crippen LogP contribution is -2.26. The minimum atomic E-state index is -2.38. The second kappa shape index (κ2) is 3.11. The highest BCUT2D eigenvalue weighted by Gasteiger charge is 2.47. The van der Waals surface area contributed by atoms with Gasteiger partial charge in [-0.3, -0.25) is 4.57 Å². The summed E-state index contributed by atoms with van der Waals surface area (Å²) in [5, 5.41) is 0. The Bertz CT molecular complexity index is 205. The Labute approximate surface area is 74.7 Å². The molecule has 1 aliphatic heterocycles. The minimum absolute atomic E-state index is 0.473. The summed E-state index contributed by atoms with van der Waals surface area (Å²) in [6.45, 7) is 3.05. The summed E-state index contributed by atoms with van der Waals surface area (Å²) in [7, 11) is 5.09. The molecule has 0 aromatic carbocycles. The van der Waals surface area contributed by atoms with Gasteiger partial charge in [0.15, 0.2) is 0 Å². The Morgan fingerprint density at radius 2 is 1.58 bits per heavy atom. The van der Waals surface area contributed by atoms with E-state index in [2.05, 4.69) is 6.92 Å². The second-order valence-corrected chi connectivity index (χ2v) is 6.82. The van der Waals surface area contributed by atoms with Crippen molar-refractivity contribution in [3.8, 4) is 0 Å². The summed E-state index contributed by atoms with van der Waals surface area (Å²) >= 11 is 0. The highest BCUT2D eigenvalue weighted by Crippen LogP contribution is 2.59. The second-order valence-electron chi connectivity index (χ2n) is 3.68. The van der Waals surface area contributed by atoms with Gasteiger partial charge >= 0.3 is 0 Å². The van der Waals surface area contributed by atoms with Crippen molar-refractivity contribution in [2.24, 2.45) is 0 Å². The highest BCUT2D eigenvalue weighted by atomic mass is 31.2. The van der Waals surface area contributed by atoms with Gasteiger partial charge in [-0.25, -0.2) is 14.0 Å². The van der Waals surface area contributed by atoms with Crippen molar-refractivity contribution in [2.75, 3.05) is 34.7 Å². The Hall–Kier alpha value is 0.110. The molecule has 0 radical (unpaired) electrons. The molecule has 4 nitrogen and oxygen atoms in total. The van der Waals surface area contributed by atoms with Crippen molar-refractivity contribution in [3.63, 3.8) is 0 Å². The molecule has 5 heteroatoms. The predicted molar refractivity (Wildman–Crippen MR) is 51.1 cm³/mol. The summed E-state index contributed by atoms with van der Waals surface area (Å²) in [6, 6.07) is 0.473. The molecular formula is C7H18N3OP. The topological polar surface area (TPSA) is 26.6 Å². The molecule has 0 amide bonds. The monoisotopic (exact) mass is 191 g/mol. The third-order valence-corrected chi connectivity index (χ3v) is 5.51. The van der Waals surface area contributed by atoms with Crippen LogP contribution in [0.4, 0.5) is 0 Å². The normalized spacial score (nSPS) is 29.9. The predicted octanol–water partition coefficient (Wildman–Crippen LogP) is 0.922. The maximum atomic E-state index is 12.4. The molecule has 1 aliphatic rings. The summed E-state index contributed by atoms with van der Waals surface area (Å²) in [6.07, 6.45) is 0. The third kappa shape index (κ3) is 1.44. The molecule has 0 aromatic heterocycles. The number of hydrogen-bond acceptors (Lipinski definition) is 1. The van der Waals surface area contributed by atoms with Gasteiger partial charge in [0.1, 0.15) is 0 Å². The number of nitrogens with zero attached hydrogens (tertiary/aromatic N) is 3. The van der Waals surface area contributed by atoms with Gasteiger partial charge in [-0.1, -0.05) is 0 Å². The molecule has 0 aromatic rings. The first-order chi connectivity index (χ1) is 5.40. The smallest absolute Gasteiger partial charge is 0.270 e. The fraction of sp³-hybridized carbons (Fsp3) is 1.00. The fourth-order valence-electron chi connectivity index (χ4n) is 1.40. The van der Waals surface area contributed by atoms with E-state index in [1.54, 1.807) is 0 Å². The molecule has 2 atom stereocenters. The standard InChI is InChI=1S/C7H18N3OP/c1-7-6-10(7)12(11,8(2)3)9(4)5/h7H,6H2,1-5H3. The van der Waals surface area contributed by atoms with Crippen molar-refractivity contribution in [2.45, 2.75) is 13.0 Å². The quantitative estimate of drug-likeness (QED) is 0.489. The zero-order chi connectivity index (χ0) is 9.52. The average molecular weight is 191 g/mol. The van der Waals surface area contributed by atoms with Crippen LogP contribution in [0.25, 0.3) is 0 Å². The first-order valence-electron chi connectivity index (χ1n) is 4.13. The van der Waals surface area contributed by atoms with Gasteiger partial charge in [0.25, 0.3) is 7.59 Å². The van der Waals surface area contributed by atoms with Crippen LogP contribution in [0.3, 0.4) is 0 Å². The molecule has 1 heterocycles. The Morgan fingerprint density at radius 1 is 1.25 bits per heavy atom. The van der Waals surface area contributed by atoms with E-state index in [1.807, 2.05) is 42.2 Å². The van der Waals surface area contributed by atoms with Gasteiger partial charge in [0.2, 0.25) is 0 Å². The largest absolute Gasteiger partial charge is 0.286 e. The first kappa shape index (κ1) is 10.2. The minimum Gasteiger partial charge on any atom is -0.270 e. The van der Waals surface area contributed by atoms with Crippen LogP contribution in [0.2, 0.25) is 0 Å². The van der Waals surface area contributed by atoms with Crippen molar-refractivity contribution in [1.82, 2.24) is 14.0 Å². The third-order valence-electron chi connectivity index (χ3n) is 2.20. The van der Waals surface area contributed by atoms with Crippen molar-refractivity contribution in [1.29, 1.82) is 0 Å². The first-order valence-corrected chi connectivity index (χ1v) is 5.70. The van der Waals surface area contributed by atoms with E-state index < -0.39 is 7.59 Å². The van der Waals surface area contributed by atoms with E-state index in [0.717, 1.165) is 6.54 Å². The molecule has 1 saturated heterocycles. The lowest BCUT2D eigenvalue weighted by Gasteiger charge is -2.31. The highest BCUT2D eigenvalue weighted by molar-refractivity contribution is 7.56. The summed E-state index contributed by atoms with van der Waals surface area (Å²) in [4.78, 5) is 0. The van der Waals surface area contributed by atoms with Gasteiger partial charge in [-0.15, -0.1) is 0 Å². The SMILES string of the molecule is CC1CN1P(=O)(N(C)C)N(C)C. The van der Waals surface area contributed by atoms with Crippen LogP contribution in [0.15, 0.2) is 0 Å². The van der Waals surface area contributed by atoms with Crippen molar-refractivity contribution >= 4 is 7.59 Å². The lowest BCUT2D eigenvalue weighted by atomic mass is 10.6. The van der Waals surface area contributed by atoms with Crippen LogP contribution in [-0.2, 0) is 4.57 Å². The molecule has 0 spiro atoms. The molecule has 2 unspecified atom stereocenters. The zero-order valence-corrected chi connectivity index (χ0v) is 9.38. The van der Waals surface area contributed by atoms with Crippen LogP contribution in [0.1, 0.15) is 6.92 Å². The Balaban J connectivity index is 2.81. The number of hydrogen-bond donors (Lipinski definition) is 0. The molecule has 0 aliphatic carbocycles. The van der Waals surface area contributed by atoms with Crippen molar-refractivity contribution in [3.05, 3.63) is 0 Å². The fourth-order valence-corrected chi connectivity index (χ4v) is 4.00. The summed E-state index contributed by atoms with van der Waals surface area (Å²) in [5.74, 6) is 0.